The van der Waals surface area contributed by atoms with Crippen molar-refractivity contribution in [2.45, 2.75) is 0 Å². The van der Waals surface area contributed by atoms with Crippen LogP contribution in [0.15, 0.2) is 29.4 Å². The van der Waals surface area contributed by atoms with Gasteiger partial charge < -0.3 is 9.84 Å². The molecule has 1 aromatic carbocycles. The molecule has 0 saturated carbocycles. The summed E-state index contributed by atoms with van der Waals surface area (Å²) in [5, 5.41) is 9.75. The van der Waals surface area contributed by atoms with Gasteiger partial charge in [-0.05, 0) is 12.1 Å². The highest BCUT2D eigenvalue weighted by Crippen LogP contribution is 2.34. The maximum atomic E-state index is 12.1. The van der Waals surface area contributed by atoms with Crippen molar-refractivity contribution in [3.63, 3.8) is 0 Å². The number of rotatable bonds is 2. The van der Waals surface area contributed by atoms with E-state index in [1.54, 1.807) is 25.3 Å². The second-order valence-corrected chi connectivity index (χ2v) is 4.37. The normalized spacial score (nSPS) is 17.1. The minimum atomic E-state index is -1.22. The van der Waals surface area contributed by atoms with Gasteiger partial charge in [0.1, 0.15) is 5.75 Å². The molecule has 100 valence electrons. The first-order valence-electron chi connectivity index (χ1n) is 5.90. The van der Waals surface area contributed by atoms with Crippen LogP contribution >= 0.6 is 0 Å². The van der Waals surface area contributed by atoms with Gasteiger partial charge in [-0.25, -0.2) is 0 Å². The van der Waals surface area contributed by atoms with E-state index in [4.69, 9.17) is 9.84 Å². The Bertz CT molecular complexity index is 767. The number of carbonyl (C=O) groups is 2. The molecular weight excluding hydrogens is 260 g/mol. The van der Waals surface area contributed by atoms with Crippen LogP contribution in [-0.4, -0.2) is 35.2 Å². The number of ether oxygens (including phenoxy) is 1. The Morgan fingerprint density at radius 3 is 2.90 bits per heavy atom. The lowest BCUT2D eigenvalue weighted by Crippen LogP contribution is -2.27. The number of ketones is 1. The third-order valence-corrected chi connectivity index (χ3v) is 3.20. The second-order valence-electron chi connectivity index (χ2n) is 4.37. The largest absolute Gasteiger partial charge is 0.495 e. The van der Waals surface area contributed by atoms with Gasteiger partial charge in [0.15, 0.2) is 11.7 Å². The first-order chi connectivity index (χ1) is 9.61. The zero-order valence-corrected chi connectivity index (χ0v) is 10.5. The van der Waals surface area contributed by atoms with Crippen LogP contribution in [0.4, 0.5) is 5.69 Å². The molecule has 0 amide bonds. The summed E-state index contributed by atoms with van der Waals surface area (Å²) in [5.74, 6) is -2.29. The topological polar surface area (TPSA) is 88.8 Å². The molecule has 2 heterocycles. The van der Waals surface area contributed by atoms with Gasteiger partial charge in [0.25, 0.3) is 0 Å². The average Bonchev–Trinajstić information content (AvgIpc) is 2.46. The van der Waals surface area contributed by atoms with Crippen molar-refractivity contribution in [2.75, 3.05) is 7.11 Å². The molecule has 1 aliphatic rings. The number of benzene rings is 1. The number of Topliss-reactive ketones (excluding diaryl/α,β-unsaturated/α-hetero) is 1. The third-order valence-electron chi connectivity index (χ3n) is 3.20. The van der Waals surface area contributed by atoms with Crippen molar-refractivity contribution < 1.29 is 19.4 Å². The van der Waals surface area contributed by atoms with Crippen molar-refractivity contribution in [1.29, 1.82) is 0 Å². The van der Waals surface area contributed by atoms with Crippen molar-refractivity contribution in [1.82, 2.24) is 4.98 Å². The summed E-state index contributed by atoms with van der Waals surface area (Å²) in [7, 11) is 1.54. The lowest BCUT2D eigenvalue weighted by molar-refractivity contribution is -0.137. The number of aromatic nitrogens is 1. The highest BCUT2D eigenvalue weighted by Gasteiger charge is 2.31. The number of carboxylic acids is 1. The van der Waals surface area contributed by atoms with Crippen molar-refractivity contribution >= 4 is 34.6 Å². The standard InChI is InChI=1S/C14H10N2O4/c1-20-8-4-7-2-3-9-12(11(7)15-5-8)16-6-10(13(9)17)14(18)19/h2-6,10H,1H3,(H,18,19). The summed E-state index contributed by atoms with van der Waals surface area (Å²) >= 11 is 0. The Hall–Kier alpha value is -2.76. The van der Waals surface area contributed by atoms with Crippen LogP contribution in [-0.2, 0) is 4.79 Å². The summed E-state index contributed by atoms with van der Waals surface area (Å²) in [6.45, 7) is 0. The van der Waals surface area contributed by atoms with Crippen LogP contribution in [0.1, 0.15) is 10.4 Å². The Kier molecular flexibility index (Phi) is 2.71. The number of pyridine rings is 1. The van der Waals surface area contributed by atoms with Gasteiger partial charge in [-0.3, -0.25) is 19.6 Å². The quantitative estimate of drug-likeness (QED) is 0.841. The molecule has 1 atom stereocenters. The minimum absolute atomic E-state index is 0.282. The summed E-state index contributed by atoms with van der Waals surface area (Å²) in [5.41, 5.74) is 1.24. The number of carbonyl (C=O) groups excluding carboxylic acids is 1. The van der Waals surface area contributed by atoms with Crippen molar-refractivity contribution in [2.24, 2.45) is 10.9 Å². The van der Waals surface area contributed by atoms with Gasteiger partial charge in [0.2, 0.25) is 0 Å². The van der Waals surface area contributed by atoms with E-state index >= 15 is 0 Å². The maximum Gasteiger partial charge on any atom is 0.319 e. The number of aliphatic carboxylic acids is 1. The van der Waals surface area contributed by atoms with Crippen LogP contribution < -0.4 is 4.74 Å². The highest BCUT2D eigenvalue weighted by molar-refractivity contribution is 6.24. The van der Waals surface area contributed by atoms with Crippen LogP contribution in [0.2, 0.25) is 0 Å². The molecule has 0 spiro atoms. The number of methoxy groups -OCH3 is 1. The molecule has 6 nitrogen and oxygen atoms in total. The highest BCUT2D eigenvalue weighted by atomic mass is 16.5. The number of aliphatic imine (C=N–C) groups is 1. The molecule has 0 radical (unpaired) electrons. The van der Waals surface area contributed by atoms with Crippen LogP contribution in [0, 0.1) is 5.92 Å². The number of hydrogen-bond acceptors (Lipinski definition) is 5. The second kappa shape index (κ2) is 4.41. The van der Waals surface area contributed by atoms with Gasteiger partial charge >= 0.3 is 5.97 Å². The molecule has 3 rings (SSSR count). The summed E-state index contributed by atoms with van der Waals surface area (Å²) in [4.78, 5) is 31.4. The van der Waals surface area contributed by atoms with E-state index in [2.05, 4.69) is 9.98 Å². The van der Waals surface area contributed by atoms with Gasteiger partial charge in [0, 0.05) is 17.2 Å². The molecule has 6 heteroatoms. The molecule has 20 heavy (non-hydrogen) atoms. The zero-order valence-electron chi connectivity index (χ0n) is 10.5. The van der Waals surface area contributed by atoms with Crippen molar-refractivity contribution in [3.8, 4) is 5.75 Å². The van der Waals surface area contributed by atoms with Crippen molar-refractivity contribution in [3.05, 3.63) is 30.0 Å². The number of carboxylic acid groups (broad SMARTS) is 1. The summed E-state index contributed by atoms with van der Waals surface area (Å²) < 4.78 is 5.09. The fourth-order valence-corrected chi connectivity index (χ4v) is 2.17. The molecular formula is C14H10N2O4. The maximum absolute atomic E-state index is 12.1. The molecule has 0 saturated heterocycles. The predicted molar refractivity (Wildman–Crippen MR) is 71.9 cm³/mol. The van der Waals surface area contributed by atoms with Gasteiger partial charge in [0.05, 0.1) is 24.5 Å². The van der Waals surface area contributed by atoms with Crippen LogP contribution in [0.3, 0.4) is 0 Å². The van der Waals surface area contributed by atoms with Gasteiger partial charge in [-0.15, -0.1) is 0 Å². The predicted octanol–water partition coefficient (Wildman–Crippen LogP) is 1.84. The summed E-state index contributed by atoms with van der Waals surface area (Å²) in [6, 6.07) is 5.07. The molecule has 1 aliphatic heterocycles. The average molecular weight is 270 g/mol. The Morgan fingerprint density at radius 1 is 1.40 bits per heavy atom. The van der Waals surface area contributed by atoms with E-state index in [0.29, 0.717) is 17.0 Å². The zero-order chi connectivity index (χ0) is 14.3. The lowest BCUT2D eigenvalue weighted by atomic mass is 9.93. The van der Waals surface area contributed by atoms with E-state index in [9.17, 15) is 9.59 Å². The Balaban J connectivity index is 2.22. The number of nitrogens with zero attached hydrogens (tertiary/aromatic N) is 2. The third kappa shape index (κ3) is 1.73. The van der Waals surface area contributed by atoms with E-state index < -0.39 is 17.7 Å². The summed E-state index contributed by atoms with van der Waals surface area (Å²) in [6.07, 6.45) is 2.68. The minimum Gasteiger partial charge on any atom is -0.495 e. The number of hydrogen-bond donors (Lipinski definition) is 1. The molecule has 1 unspecified atom stereocenters. The molecule has 0 bridgehead atoms. The van der Waals surface area contributed by atoms with E-state index in [0.717, 1.165) is 11.6 Å². The van der Waals surface area contributed by atoms with Crippen LogP contribution in [0.5, 0.6) is 5.75 Å². The number of fused-ring (bicyclic) bond motifs is 3. The van der Waals surface area contributed by atoms with E-state index in [-0.39, 0.29) is 5.56 Å². The molecule has 0 aliphatic carbocycles. The SMILES string of the molecule is COc1cnc2c3c(ccc2c1)C(=O)C(C(=O)O)C=N3. The monoisotopic (exact) mass is 270 g/mol. The first kappa shape index (κ1) is 12.3. The van der Waals surface area contributed by atoms with Crippen LogP contribution in [0.25, 0.3) is 10.9 Å². The first-order valence-corrected chi connectivity index (χ1v) is 5.90. The molecule has 1 aromatic heterocycles. The van der Waals surface area contributed by atoms with E-state index in [1.165, 1.54) is 6.20 Å². The fraction of sp³-hybridized carbons (Fsp3) is 0.143. The molecule has 1 N–H and O–H groups in total. The fourth-order valence-electron chi connectivity index (χ4n) is 2.17. The smallest absolute Gasteiger partial charge is 0.319 e. The van der Waals surface area contributed by atoms with Gasteiger partial charge in [-0.1, -0.05) is 6.07 Å². The van der Waals surface area contributed by atoms with Gasteiger partial charge in [-0.2, -0.15) is 0 Å². The molecule has 2 aromatic rings. The molecule has 0 fully saturated rings. The Labute approximate surface area is 113 Å². The Morgan fingerprint density at radius 2 is 2.20 bits per heavy atom. The van der Waals surface area contributed by atoms with E-state index in [1.807, 2.05) is 0 Å². The lowest BCUT2D eigenvalue weighted by Gasteiger charge is -2.15.